The summed E-state index contributed by atoms with van der Waals surface area (Å²) in [4.78, 5) is 0. The summed E-state index contributed by atoms with van der Waals surface area (Å²) < 4.78 is 18.5. The summed E-state index contributed by atoms with van der Waals surface area (Å²) in [5.74, 6) is -0.266. The van der Waals surface area contributed by atoms with Crippen LogP contribution in [0, 0.1) is 12.7 Å². The minimum atomic E-state index is -0.266. The van der Waals surface area contributed by atoms with Gasteiger partial charge in [-0.15, -0.1) is 0 Å². The number of hydrogen-bond acceptors (Lipinski definition) is 0. The molecule has 0 unspecified atom stereocenters. The van der Waals surface area contributed by atoms with E-state index in [4.69, 9.17) is 34.8 Å². The largest absolute Gasteiger partial charge is 0.347 e. The quantitative estimate of drug-likeness (QED) is 0.350. The smallest absolute Gasteiger partial charge is 0.132 e. The van der Waals surface area contributed by atoms with E-state index in [1.807, 2.05) is 42.3 Å². The Morgan fingerprint density at radius 1 is 0.885 bits per heavy atom. The minimum absolute atomic E-state index is 0.266. The Kier molecular flexibility index (Phi) is 4.22. The van der Waals surface area contributed by atoms with Crippen molar-refractivity contribution in [2.45, 2.75) is 13.3 Å². The number of fused-ring (bicyclic) bond motifs is 2. The summed E-state index contributed by atoms with van der Waals surface area (Å²) >= 11 is 19.3. The average Bonchev–Trinajstić information content (AvgIpc) is 3.08. The Balaban J connectivity index is 1.91. The van der Waals surface area contributed by atoms with E-state index in [1.165, 1.54) is 6.07 Å². The molecule has 4 aromatic rings. The first-order valence-electron chi connectivity index (χ1n) is 8.14. The zero-order valence-corrected chi connectivity index (χ0v) is 16.8. The number of halogens is 4. The van der Waals surface area contributed by atoms with Crippen LogP contribution in [0.5, 0.6) is 0 Å². The molecule has 2 aromatic heterocycles. The first-order chi connectivity index (χ1) is 12.3. The van der Waals surface area contributed by atoms with E-state index in [0.29, 0.717) is 32.4 Å². The van der Waals surface area contributed by atoms with Crippen molar-refractivity contribution in [3.63, 3.8) is 0 Å². The highest BCUT2D eigenvalue weighted by molar-refractivity contribution is 6.40. The molecule has 0 radical (unpaired) electrons. The third-order valence-corrected chi connectivity index (χ3v) is 6.14. The Morgan fingerprint density at radius 2 is 1.58 bits per heavy atom. The van der Waals surface area contributed by atoms with Crippen LogP contribution in [0.25, 0.3) is 21.8 Å². The predicted octanol–water partition coefficient (Wildman–Crippen LogP) is 6.67. The van der Waals surface area contributed by atoms with Crippen LogP contribution in [-0.2, 0) is 20.5 Å². The van der Waals surface area contributed by atoms with Crippen molar-refractivity contribution in [1.82, 2.24) is 9.13 Å². The summed E-state index contributed by atoms with van der Waals surface area (Å²) in [6.45, 7) is 1.93. The molecule has 0 saturated carbocycles. The third kappa shape index (κ3) is 2.53. The van der Waals surface area contributed by atoms with Gasteiger partial charge in [0.25, 0.3) is 0 Å². The topological polar surface area (TPSA) is 9.86 Å². The molecule has 4 rings (SSSR count). The van der Waals surface area contributed by atoms with Crippen LogP contribution in [0.1, 0.15) is 17.0 Å². The van der Waals surface area contributed by atoms with Gasteiger partial charge in [0, 0.05) is 42.7 Å². The van der Waals surface area contributed by atoms with Crippen molar-refractivity contribution in [2.24, 2.45) is 14.1 Å². The lowest BCUT2D eigenvalue weighted by atomic mass is 10.1. The lowest BCUT2D eigenvalue weighted by molar-refractivity contribution is 0.638. The van der Waals surface area contributed by atoms with Gasteiger partial charge >= 0.3 is 0 Å². The Labute approximate surface area is 165 Å². The molecule has 6 heteroatoms. The molecule has 0 bridgehead atoms. The van der Waals surface area contributed by atoms with Crippen LogP contribution in [0.3, 0.4) is 0 Å². The molecular weight excluding hydrogens is 394 g/mol. The maximum Gasteiger partial charge on any atom is 0.132 e. The molecule has 0 spiro atoms. The zero-order valence-electron chi connectivity index (χ0n) is 14.5. The van der Waals surface area contributed by atoms with Gasteiger partial charge in [0.2, 0.25) is 0 Å². The van der Waals surface area contributed by atoms with Crippen molar-refractivity contribution in [2.75, 3.05) is 0 Å². The Morgan fingerprint density at radius 3 is 2.27 bits per heavy atom. The fourth-order valence-corrected chi connectivity index (χ4v) is 4.41. The summed E-state index contributed by atoms with van der Waals surface area (Å²) in [6.07, 6.45) is 0.480. The number of rotatable bonds is 2. The van der Waals surface area contributed by atoms with E-state index < -0.39 is 0 Å². The second-order valence-corrected chi connectivity index (χ2v) is 7.79. The van der Waals surface area contributed by atoms with Crippen LogP contribution < -0.4 is 0 Å². The van der Waals surface area contributed by atoms with Gasteiger partial charge in [0.15, 0.2) is 0 Å². The molecule has 0 aliphatic heterocycles. The van der Waals surface area contributed by atoms with Gasteiger partial charge in [-0.3, -0.25) is 0 Å². The van der Waals surface area contributed by atoms with Gasteiger partial charge in [-0.2, -0.15) is 0 Å². The zero-order chi connectivity index (χ0) is 18.7. The molecule has 0 fully saturated rings. The van der Waals surface area contributed by atoms with Gasteiger partial charge in [-0.25, -0.2) is 4.39 Å². The first kappa shape index (κ1) is 17.7. The highest BCUT2D eigenvalue weighted by atomic mass is 35.5. The molecule has 2 nitrogen and oxygen atoms in total. The highest BCUT2D eigenvalue weighted by Crippen LogP contribution is 2.36. The maximum atomic E-state index is 14.6. The number of aryl methyl sites for hydroxylation is 3. The summed E-state index contributed by atoms with van der Waals surface area (Å²) in [6, 6.07) is 8.88. The van der Waals surface area contributed by atoms with Crippen LogP contribution >= 0.6 is 34.8 Å². The first-order valence-corrected chi connectivity index (χ1v) is 9.28. The van der Waals surface area contributed by atoms with Crippen molar-refractivity contribution >= 4 is 56.6 Å². The summed E-state index contributed by atoms with van der Waals surface area (Å²) in [7, 11) is 3.82. The van der Waals surface area contributed by atoms with Crippen molar-refractivity contribution in [3.8, 4) is 0 Å². The molecule has 0 aliphatic carbocycles. The lowest BCUT2D eigenvalue weighted by Gasteiger charge is -2.10. The van der Waals surface area contributed by atoms with Gasteiger partial charge in [-0.1, -0.05) is 34.8 Å². The fraction of sp³-hybridized carbons (Fsp3) is 0.200. The van der Waals surface area contributed by atoms with Gasteiger partial charge in [0.1, 0.15) is 5.82 Å². The Hall–Kier alpha value is -1.68. The molecule has 26 heavy (non-hydrogen) atoms. The molecule has 0 saturated heterocycles. The molecule has 0 N–H and O–H groups in total. The van der Waals surface area contributed by atoms with Crippen molar-refractivity contribution in [3.05, 3.63) is 68.2 Å². The van der Waals surface area contributed by atoms with Crippen LogP contribution in [0.15, 0.2) is 30.3 Å². The van der Waals surface area contributed by atoms with Crippen LogP contribution in [0.4, 0.5) is 4.39 Å². The maximum absolute atomic E-state index is 14.6. The molecular formula is C20H16Cl3FN2. The van der Waals surface area contributed by atoms with E-state index in [0.717, 1.165) is 27.9 Å². The SMILES string of the molecule is Cc1cc2c(F)cc(Cc3cc4c(Cl)ccc(Cl)c4n3C)c(Cl)c2n1C. The van der Waals surface area contributed by atoms with E-state index in [9.17, 15) is 4.39 Å². The lowest BCUT2D eigenvalue weighted by Crippen LogP contribution is -2.00. The number of nitrogens with zero attached hydrogens (tertiary/aromatic N) is 2. The van der Waals surface area contributed by atoms with E-state index in [2.05, 4.69) is 0 Å². The monoisotopic (exact) mass is 408 g/mol. The summed E-state index contributed by atoms with van der Waals surface area (Å²) in [5.41, 5.74) is 4.23. The average molecular weight is 410 g/mol. The van der Waals surface area contributed by atoms with E-state index >= 15 is 0 Å². The standard InChI is InChI=1S/C20H16Cl3FN2/c1-10-6-14-17(24)8-11(18(23)20(14)25(10)2)7-12-9-13-15(21)4-5-16(22)19(13)26(12)3/h4-6,8-9H,7H2,1-3H3. The normalized spacial score (nSPS) is 11.8. The number of hydrogen-bond donors (Lipinski definition) is 0. The number of aromatic nitrogens is 2. The number of benzene rings is 2. The van der Waals surface area contributed by atoms with Gasteiger partial charge < -0.3 is 9.13 Å². The fourth-order valence-electron chi connectivity index (χ4n) is 3.56. The van der Waals surface area contributed by atoms with Gasteiger partial charge in [0.05, 0.1) is 26.1 Å². The van der Waals surface area contributed by atoms with Gasteiger partial charge in [-0.05, 0) is 42.8 Å². The molecule has 0 atom stereocenters. The Bertz CT molecular complexity index is 1190. The van der Waals surface area contributed by atoms with Crippen LogP contribution in [0.2, 0.25) is 15.1 Å². The predicted molar refractivity (Wildman–Crippen MR) is 108 cm³/mol. The highest BCUT2D eigenvalue weighted by Gasteiger charge is 2.18. The van der Waals surface area contributed by atoms with Crippen molar-refractivity contribution < 1.29 is 4.39 Å². The molecule has 2 aromatic carbocycles. The third-order valence-electron chi connectivity index (χ3n) is 5.08. The molecule has 2 heterocycles. The molecule has 0 aliphatic rings. The second kappa shape index (κ2) is 6.19. The van der Waals surface area contributed by atoms with E-state index in [-0.39, 0.29) is 5.82 Å². The molecule has 134 valence electrons. The van der Waals surface area contributed by atoms with Crippen LogP contribution in [-0.4, -0.2) is 9.13 Å². The minimum Gasteiger partial charge on any atom is -0.347 e. The second-order valence-electron chi connectivity index (χ2n) is 6.60. The summed E-state index contributed by atoms with van der Waals surface area (Å²) in [5, 5.41) is 3.26. The molecule has 0 amide bonds. The van der Waals surface area contributed by atoms with Crippen molar-refractivity contribution in [1.29, 1.82) is 0 Å². The van der Waals surface area contributed by atoms with E-state index in [1.54, 1.807) is 12.1 Å².